The molecule has 0 spiro atoms. The quantitative estimate of drug-likeness (QED) is 0.406. The summed E-state index contributed by atoms with van der Waals surface area (Å²) in [4.78, 5) is 23.3. The van der Waals surface area contributed by atoms with Crippen LogP contribution in [0.4, 0.5) is 20.3 Å². The van der Waals surface area contributed by atoms with Gasteiger partial charge in [-0.1, -0.05) is 6.07 Å². The fourth-order valence-electron chi connectivity index (χ4n) is 4.61. The number of nitrogens with one attached hydrogen (secondary N) is 1. The number of carbonyl (C=O) groups excluding carboxylic acids is 1. The highest BCUT2D eigenvalue weighted by molar-refractivity contribution is 7.89. The lowest BCUT2D eigenvalue weighted by molar-refractivity contribution is 0.0958. The van der Waals surface area contributed by atoms with Gasteiger partial charge >= 0.3 is 0 Å². The van der Waals surface area contributed by atoms with Crippen LogP contribution in [-0.2, 0) is 22.1 Å². The fourth-order valence-corrected chi connectivity index (χ4v) is 5.23. The average Bonchev–Trinajstić information content (AvgIpc) is 3.33. The largest absolute Gasteiger partial charge is 0.354 e. The molecule has 1 N–H and O–H groups in total. The number of pyridine rings is 2. The minimum Gasteiger partial charge on any atom is -0.354 e. The van der Waals surface area contributed by atoms with Crippen LogP contribution in [-0.4, -0.2) is 53.9 Å². The van der Waals surface area contributed by atoms with E-state index < -0.39 is 16.3 Å². The number of nitrogens with zero attached hydrogens (tertiary/aromatic N) is 5. The van der Waals surface area contributed by atoms with E-state index in [4.69, 9.17) is 0 Å². The van der Waals surface area contributed by atoms with Crippen molar-refractivity contribution in [2.45, 2.75) is 25.1 Å². The number of carbonyl (C=O) groups is 1. The maximum Gasteiger partial charge on any atom is 0.269 e. The van der Waals surface area contributed by atoms with E-state index in [0.717, 1.165) is 18.2 Å². The number of halogens is 2. The van der Waals surface area contributed by atoms with Crippen molar-refractivity contribution in [1.29, 1.82) is 0 Å². The first kappa shape index (κ1) is 24.8. The molecular weight excluding hydrogens is 502 g/mol. The number of anilines is 2. The number of benzene rings is 1. The first-order valence-corrected chi connectivity index (χ1v) is 13.6. The molecule has 1 aliphatic heterocycles. The van der Waals surface area contributed by atoms with Crippen molar-refractivity contribution in [1.82, 2.24) is 25.1 Å². The van der Waals surface area contributed by atoms with Crippen molar-refractivity contribution in [2.24, 2.45) is 0 Å². The van der Waals surface area contributed by atoms with Crippen LogP contribution in [0.3, 0.4) is 0 Å². The zero-order chi connectivity index (χ0) is 26.3. The Balaban J connectivity index is 1.65. The van der Waals surface area contributed by atoms with Crippen molar-refractivity contribution in [3.05, 3.63) is 65.7 Å². The topological polar surface area (TPSA) is 110 Å². The number of hydrogen-bond acceptors (Lipinski definition) is 7. The second-order valence-corrected chi connectivity index (χ2v) is 11.0. The highest BCUT2D eigenvalue weighted by atomic mass is 32.2. The molecular formula is C25H24F2N6O3S. The molecule has 4 aromatic rings. The van der Waals surface area contributed by atoms with Gasteiger partial charge in [0, 0.05) is 54.4 Å². The summed E-state index contributed by atoms with van der Waals surface area (Å²) < 4.78 is 53.2. The van der Waals surface area contributed by atoms with Crippen LogP contribution in [0.5, 0.6) is 0 Å². The molecule has 9 nitrogen and oxygen atoms in total. The molecule has 5 rings (SSSR count). The standard InChI is InChI=1S/C25H24F2N6O3S/c1-28-25(34)20-10-16-5-3-7-29-22(16)24(31-20)33-8-4-6-15-9-18(19(23(26)27)11-21(15)33)17-12-30-32(13-17)14-37(2,35)36/h3,5,7,9-13,23H,4,6,8,14H2,1-2H3,(H,28,34). The van der Waals surface area contributed by atoms with E-state index in [-0.39, 0.29) is 23.0 Å². The first-order chi connectivity index (χ1) is 17.6. The third-order valence-corrected chi connectivity index (χ3v) is 6.93. The molecule has 0 fully saturated rings. The van der Waals surface area contributed by atoms with Crippen molar-refractivity contribution < 1.29 is 22.0 Å². The lowest BCUT2D eigenvalue weighted by Crippen LogP contribution is -2.27. The minimum atomic E-state index is -3.35. The second-order valence-electron chi connectivity index (χ2n) is 8.93. The first-order valence-electron chi connectivity index (χ1n) is 11.6. The molecule has 1 amide bonds. The number of alkyl halides is 2. The third kappa shape index (κ3) is 4.88. The van der Waals surface area contributed by atoms with Gasteiger partial charge < -0.3 is 10.2 Å². The van der Waals surface area contributed by atoms with Gasteiger partial charge in [0.05, 0.1) is 6.20 Å². The molecule has 37 heavy (non-hydrogen) atoms. The number of fused-ring (bicyclic) bond motifs is 2. The Labute approximate surface area is 212 Å². The maximum absolute atomic E-state index is 14.3. The summed E-state index contributed by atoms with van der Waals surface area (Å²) in [6.07, 6.45) is 4.15. The fraction of sp³-hybridized carbons (Fsp3) is 0.280. The summed E-state index contributed by atoms with van der Waals surface area (Å²) in [7, 11) is -1.83. The monoisotopic (exact) mass is 526 g/mol. The van der Waals surface area contributed by atoms with Crippen molar-refractivity contribution in [3.8, 4) is 11.1 Å². The average molecular weight is 527 g/mol. The summed E-state index contributed by atoms with van der Waals surface area (Å²) in [5, 5.41) is 7.33. The highest BCUT2D eigenvalue weighted by Gasteiger charge is 2.27. The SMILES string of the molecule is CNC(=O)c1cc2cccnc2c(N2CCCc3cc(-c4cnn(CS(C)(=O)=O)c4)c(C(F)F)cc32)n1. The summed E-state index contributed by atoms with van der Waals surface area (Å²) in [6, 6.07) is 8.40. The Morgan fingerprint density at radius 2 is 2.05 bits per heavy atom. The number of hydrogen-bond donors (Lipinski definition) is 1. The molecule has 0 unspecified atom stereocenters. The molecule has 192 valence electrons. The second kappa shape index (κ2) is 9.51. The molecule has 4 heterocycles. The highest BCUT2D eigenvalue weighted by Crippen LogP contribution is 2.42. The van der Waals surface area contributed by atoms with Gasteiger partial charge in [-0.25, -0.2) is 22.2 Å². The normalized spacial score (nSPS) is 13.7. The van der Waals surface area contributed by atoms with Crippen LogP contribution in [0.1, 0.15) is 34.5 Å². The number of aryl methyl sites for hydroxylation is 1. The van der Waals surface area contributed by atoms with Gasteiger partial charge in [-0.15, -0.1) is 0 Å². The minimum absolute atomic E-state index is 0.203. The predicted octanol–water partition coefficient (Wildman–Crippen LogP) is 3.88. The van der Waals surface area contributed by atoms with E-state index in [2.05, 4.69) is 20.4 Å². The molecule has 12 heteroatoms. The van der Waals surface area contributed by atoms with Crippen molar-refractivity contribution >= 4 is 38.2 Å². The van der Waals surface area contributed by atoms with E-state index in [9.17, 15) is 22.0 Å². The van der Waals surface area contributed by atoms with Gasteiger partial charge in [-0.3, -0.25) is 14.5 Å². The molecule has 0 radical (unpaired) electrons. The summed E-state index contributed by atoms with van der Waals surface area (Å²) in [5.74, 6) is -0.283. The van der Waals surface area contributed by atoms with E-state index in [1.165, 1.54) is 30.2 Å². The van der Waals surface area contributed by atoms with E-state index in [1.54, 1.807) is 24.4 Å². The van der Waals surface area contributed by atoms with E-state index in [0.29, 0.717) is 46.5 Å². The summed E-state index contributed by atoms with van der Waals surface area (Å²) in [5.41, 5.74) is 2.67. The summed E-state index contributed by atoms with van der Waals surface area (Å²) >= 11 is 0. The van der Waals surface area contributed by atoms with E-state index >= 15 is 0 Å². The van der Waals surface area contributed by atoms with Crippen LogP contribution in [0.15, 0.2) is 48.9 Å². The van der Waals surface area contributed by atoms with Gasteiger partial charge in [-0.2, -0.15) is 5.10 Å². The van der Waals surface area contributed by atoms with Gasteiger partial charge in [0.25, 0.3) is 12.3 Å². The molecule has 1 aliphatic rings. The van der Waals surface area contributed by atoms with E-state index in [1.807, 2.05) is 11.0 Å². The lowest BCUT2D eigenvalue weighted by Gasteiger charge is -2.32. The lowest BCUT2D eigenvalue weighted by atomic mass is 9.93. The van der Waals surface area contributed by atoms with Crippen LogP contribution < -0.4 is 10.2 Å². The van der Waals surface area contributed by atoms with Gasteiger partial charge in [-0.05, 0) is 48.2 Å². The molecule has 0 saturated heterocycles. The Hall–Kier alpha value is -3.93. The Morgan fingerprint density at radius 1 is 1.24 bits per heavy atom. The zero-order valence-corrected chi connectivity index (χ0v) is 21.0. The molecule has 3 aromatic heterocycles. The molecule has 1 aromatic carbocycles. The van der Waals surface area contributed by atoms with Gasteiger partial charge in [0.2, 0.25) is 0 Å². The van der Waals surface area contributed by atoms with Gasteiger partial charge in [0.1, 0.15) is 17.1 Å². The molecule has 0 saturated carbocycles. The van der Waals surface area contributed by atoms with Crippen LogP contribution in [0.2, 0.25) is 0 Å². The Morgan fingerprint density at radius 3 is 2.78 bits per heavy atom. The van der Waals surface area contributed by atoms with Gasteiger partial charge in [0.15, 0.2) is 15.7 Å². The molecule has 0 bridgehead atoms. The van der Waals surface area contributed by atoms with Crippen molar-refractivity contribution in [3.63, 3.8) is 0 Å². The number of sulfone groups is 1. The summed E-state index contributed by atoms with van der Waals surface area (Å²) in [6.45, 7) is 0.511. The maximum atomic E-state index is 14.3. The Bertz CT molecular complexity index is 1620. The van der Waals surface area contributed by atoms with Crippen LogP contribution in [0.25, 0.3) is 22.0 Å². The van der Waals surface area contributed by atoms with Crippen LogP contribution >= 0.6 is 0 Å². The van der Waals surface area contributed by atoms with Crippen molar-refractivity contribution in [2.75, 3.05) is 24.7 Å². The number of aromatic nitrogens is 4. The molecule has 0 atom stereocenters. The predicted molar refractivity (Wildman–Crippen MR) is 136 cm³/mol. The zero-order valence-electron chi connectivity index (χ0n) is 20.1. The van der Waals surface area contributed by atoms with Crippen LogP contribution in [0, 0.1) is 0 Å². The number of amides is 1. The third-order valence-electron chi connectivity index (χ3n) is 6.20. The smallest absolute Gasteiger partial charge is 0.269 e. The Kier molecular flexibility index (Phi) is 6.36. The number of rotatable bonds is 6. The molecule has 0 aliphatic carbocycles.